The Morgan fingerprint density at radius 1 is 1.36 bits per heavy atom. The van der Waals surface area contributed by atoms with Gasteiger partial charge in [-0.05, 0) is 25.0 Å². The number of ether oxygens (including phenoxy) is 1. The van der Waals surface area contributed by atoms with Gasteiger partial charge in [0.25, 0.3) is 0 Å². The van der Waals surface area contributed by atoms with Crippen LogP contribution in [0.4, 0.5) is 0 Å². The van der Waals surface area contributed by atoms with Crippen molar-refractivity contribution in [3.8, 4) is 0 Å². The SMILES string of the molecule is CC1(C)NC2c3ccccc3CC2O1. The fourth-order valence-electron chi connectivity index (χ4n) is 2.63. The minimum absolute atomic E-state index is 0.164. The predicted molar refractivity (Wildman–Crippen MR) is 55.0 cm³/mol. The lowest BCUT2D eigenvalue weighted by Crippen LogP contribution is -2.35. The van der Waals surface area contributed by atoms with E-state index in [1.165, 1.54) is 11.1 Å². The first-order valence-electron chi connectivity index (χ1n) is 5.19. The maximum Gasteiger partial charge on any atom is 0.114 e. The molecule has 2 atom stereocenters. The molecule has 0 amide bonds. The van der Waals surface area contributed by atoms with E-state index in [4.69, 9.17) is 4.74 Å². The molecule has 0 saturated carbocycles. The Kier molecular flexibility index (Phi) is 1.56. The van der Waals surface area contributed by atoms with Gasteiger partial charge in [-0.15, -0.1) is 0 Å². The van der Waals surface area contributed by atoms with Crippen molar-refractivity contribution in [2.24, 2.45) is 0 Å². The van der Waals surface area contributed by atoms with Crippen LogP contribution in [0, 0.1) is 0 Å². The van der Waals surface area contributed by atoms with Gasteiger partial charge in [0.05, 0.1) is 12.1 Å². The molecule has 2 unspecified atom stereocenters. The Morgan fingerprint density at radius 2 is 2.14 bits per heavy atom. The highest BCUT2D eigenvalue weighted by molar-refractivity contribution is 5.37. The van der Waals surface area contributed by atoms with Crippen LogP contribution in [-0.4, -0.2) is 11.8 Å². The molecule has 1 aromatic carbocycles. The van der Waals surface area contributed by atoms with Crippen molar-refractivity contribution in [2.75, 3.05) is 0 Å². The van der Waals surface area contributed by atoms with Crippen LogP contribution in [0.5, 0.6) is 0 Å². The molecule has 1 aliphatic heterocycles. The molecule has 0 spiro atoms. The van der Waals surface area contributed by atoms with Gasteiger partial charge < -0.3 is 4.74 Å². The molecule has 14 heavy (non-hydrogen) atoms. The Labute approximate surface area is 84.3 Å². The molecule has 1 N–H and O–H groups in total. The molecule has 1 aromatic rings. The Morgan fingerprint density at radius 3 is 3.00 bits per heavy atom. The summed E-state index contributed by atoms with van der Waals surface area (Å²) < 4.78 is 5.94. The Bertz CT molecular complexity index is 372. The summed E-state index contributed by atoms with van der Waals surface area (Å²) in [7, 11) is 0. The third-order valence-electron chi connectivity index (χ3n) is 3.13. The zero-order valence-electron chi connectivity index (χ0n) is 8.58. The molecule has 0 bridgehead atoms. The van der Waals surface area contributed by atoms with Crippen molar-refractivity contribution in [2.45, 2.75) is 38.1 Å². The molecule has 1 fully saturated rings. The van der Waals surface area contributed by atoms with Gasteiger partial charge in [-0.1, -0.05) is 24.3 Å². The summed E-state index contributed by atoms with van der Waals surface area (Å²) in [5.41, 5.74) is 2.69. The van der Waals surface area contributed by atoms with Crippen molar-refractivity contribution >= 4 is 0 Å². The summed E-state index contributed by atoms with van der Waals surface area (Å²) in [6, 6.07) is 9.02. The highest BCUT2D eigenvalue weighted by Crippen LogP contribution is 2.40. The number of hydrogen-bond acceptors (Lipinski definition) is 2. The van der Waals surface area contributed by atoms with Crippen molar-refractivity contribution in [3.63, 3.8) is 0 Å². The fraction of sp³-hybridized carbons (Fsp3) is 0.500. The highest BCUT2D eigenvalue weighted by atomic mass is 16.5. The molecule has 2 aliphatic rings. The number of fused-ring (bicyclic) bond motifs is 3. The third kappa shape index (κ3) is 1.11. The first-order chi connectivity index (χ1) is 6.66. The predicted octanol–water partition coefficient (Wildman–Crippen LogP) is 2.01. The molecular weight excluding hydrogens is 174 g/mol. The van der Waals surface area contributed by atoms with E-state index in [0.717, 1.165) is 6.42 Å². The smallest absolute Gasteiger partial charge is 0.114 e. The maximum absolute atomic E-state index is 5.94. The minimum atomic E-state index is -0.164. The lowest BCUT2D eigenvalue weighted by molar-refractivity contribution is -0.0226. The van der Waals surface area contributed by atoms with Crippen LogP contribution in [0.2, 0.25) is 0 Å². The van der Waals surface area contributed by atoms with Gasteiger partial charge in [-0.3, -0.25) is 5.32 Å². The largest absolute Gasteiger partial charge is 0.356 e. The van der Waals surface area contributed by atoms with Crippen molar-refractivity contribution in [3.05, 3.63) is 35.4 Å². The van der Waals surface area contributed by atoms with Gasteiger partial charge in [0, 0.05) is 6.42 Å². The van der Waals surface area contributed by atoms with E-state index >= 15 is 0 Å². The van der Waals surface area contributed by atoms with E-state index in [9.17, 15) is 0 Å². The lowest BCUT2D eigenvalue weighted by Gasteiger charge is -2.19. The quantitative estimate of drug-likeness (QED) is 0.674. The Balaban J connectivity index is 2.00. The van der Waals surface area contributed by atoms with Gasteiger partial charge in [0.15, 0.2) is 0 Å². The first kappa shape index (κ1) is 8.45. The number of rotatable bonds is 0. The molecule has 2 nitrogen and oxygen atoms in total. The Hall–Kier alpha value is -0.860. The van der Waals surface area contributed by atoms with Crippen LogP contribution < -0.4 is 5.32 Å². The monoisotopic (exact) mass is 189 g/mol. The van der Waals surface area contributed by atoms with Crippen LogP contribution >= 0.6 is 0 Å². The van der Waals surface area contributed by atoms with E-state index in [0.29, 0.717) is 12.1 Å². The second kappa shape index (κ2) is 2.59. The van der Waals surface area contributed by atoms with Crippen LogP contribution in [0.15, 0.2) is 24.3 Å². The molecule has 74 valence electrons. The third-order valence-corrected chi connectivity index (χ3v) is 3.13. The van der Waals surface area contributed by atoms with E-state index in [-0.39, 0.29) is 5.72 Å². The summed E-state index contributed by atoms with van der Waals surface area (Å²) in [6.07, 6.45) is 1.39. The average molecular weight is 189 g/mol. The van der Waals surface area contributed by atoms with Crippen molar-refractivity contribution < 1.29 is 4.74 Å². The second-order valence-corrected chi connectivity index (χ2v) is 4.69. The molecule has 1 heterocycles. The van der Waals surface area contributed by atoms with Gasteiger partial charge >= 0.3 is 0 Å². The van der Waals surface area contributed by atoms with Gasteiger partial charge in [0.1, 0.15) is 5.72 Å². The van der Waals surface area contributed by atoms with E-state index in [1.54, 1.807) is 0 Å². The van der Waals surface area contributed by atoms with Gasteiger partial charge in [0.2, 0.25) is 0 Å². The normalized spacial score (nSPS) is 32.7. The van der Waals surface area contributed by atoms with E-state index in [1.807, 2.05) is 0 Å². The molecule has 0 aromatic heterocycles. The molecule has 3 rings (SSSR count). The molecule has 0 radical (unpaired) electrons. The summed E-state index contributed by atoms with van der Waals surface area (Å²) in [5.74, 6) is 0. The van der Waals surface area contributed by atoms with E-state index in [2.05, 4.69) is 43.4 Å². The van der Waals surface area contributed by atoms with Gasteiger partial charge in [-0.2, -0.15) is 0 Å². The summed E-state index contributed by atoms with van der Waals surface area (Å²) in [4.78, 5) is 0. The maximum atomic E-state index is 5.94. The molecular formula is C12H15NO. The molecule has 2 heteroatoms. The van der Waals surface area contributed by atoms with Crippen molar-refractivity contribution in [1.29, 1.82) is 0 Å². The standard InChI is InChI=1S/C12H15NO/c1-12(2)13-11-9-6-4-3-5-8(9)7-10(11)14-12/h3-6,10-11,13H,7H2,1-2H3. The van der Waals surface area contributed by atoms with Crippen molar-refractivity contribution in [1.82, 2.24) is 5.32 Å². The average Bonchev–Trinajstić information content (AvgIpc) is 2.56. The van der Waals surface area contributed by atoms with E-state index < -0.39 is 0 Å². The zero-order chi connectivity index (χ0) is 9.76. The van der Waals surface area contributed by atoms with Gasteiger partial charge in [-0.25, -0.2) is 0 Å². The first-order valence-corrected chi connectivity index (χ1v) is 5.19. The summed E-state index contributed by atoms with van der Waals surface area (Å²) in [6.45, 7) is 4.18. The van der Waals surface area contributed by atoms with Crippen LogP contribution in [0.25, 0.3) is 0 Å². The van der Waals surface area contributed by atoms with Crippen LogP contribution in [-0.2, 0) is 11.2 Å². The molecule has 1 aliphatic carbocycles. The molecule has 1 saturated heterocycles. The topological polar surface area (TPSA) is 21.3 Å². The summed E-state index contributed by atoms with van der Waals surface area (Å²) >= 11 is 0. The fourth-order valence-corrected chi connectivity index (χ4v) is 2.63. The highest BCUT2D eigenvalue weighted by Gasteiger charge is 2.44. The summed E-state index contributed by atoms with van der Waals surface area (Å²) in [5, 5.41) is 3.53. The zero-order valence-corrected chi connectivity index (χ0v) is 8.58. The van der Waals surface area contributed by atoms with Crippen LogP contribution in [0.1, 0.15) is 31.0 Å². The minimum Gasteiger partial charge on any atom is -0.356 e. The number of hydrogen-bond donors (Lipinski definition) is 1. The van der Waals surface area contributed by atoms with Crippen LogP contribution in [0.3, 0.4) is 0 Å². The second-order valence-electron chi connectivity index (χ2n) is 4.69. The number of benzene rings is 1. The lowest BCUT2D eigenvalue weighted by atomic mass is 10.1. The number of nitrogens with one attached hydrogen (secondary N) is 1.